The van der Waals surface area contributed by atoms with Crippen molar-refractivity contribution in [2.45, 2.75) is 52.1 Å². The molecule has 2 aromatic rings. The van der Waals surface area contributed by atoms with Crippen LogP contribution in [0.1, 0.15) is 50.6 Å². The molecule has 0 spiro atoms. The fraction of sp³-hybridized carbons (Fsp3) is 0.500. The van der Waals surface area contributed by atoms with Crippen molar-refractivity contribution in [1.29, 1.82) is 0 Å². The fourth-order valence-corrected chi connectivity index (χ4v) is 2.93. The third kappa shape index (κ3) is 3.42. The summed E-state index contributed by atoms with van der Waals surface area (Å²) in [7, 11) is 0. The van der Waals surface area contributed by atoms with E-state index in [2.05, 4.69) is 22.4 Å². The first-order valence-electron chi connectivity index (χ1n) is 8.56. The molecule has 1 N–H and O–H groups in total. The molecule has 1 aromatic carbocycles. The highest BCUT2D eigenvalue weighted by Crippen LogP contribution is 2.32. The molecule has 1 fully saturated rings. The Hall–Kier alpha value is -2.37. The molecule has 2 amide bonds. The molecule has 1 saturated heterocycles. The van der Waals surface area contributed by atoms with E-state index in [1.54, 1.807) is 4.90 Å². The van der Waals surface area contributed by atoms with Gasteiger partial charge in [-0.3, -0.25) is 0 Å². The maximum Gasteiger partial charge on any atom is 0.318 e. The Morgan fingerprint density at radius 1 is 1.50 bits per heavy atom. The summed E-state index contributed by atoms with van der Waals surface area (Å²) in [5.41, 5.74) is 2.08. The van der Waals surface area contributed by atoms with Crippen molar-refractivity contribution in [3.05, 3.63) is 35.7 Å². The first-order chi connectivity index (χ1) is 11.6. The highest BCUT2D eigenvalue weighted by Gasteiger charge is 2.34. The number of likely N-dealkylation sites (tertiary alicyclic amines) is 1. The lowest BCUT2D eigenvalue weighted by atomic mass is 10.1. The fourth-order valence-electron chi connectivity index (χ4n) is 2.93. The molecule has 2 atom stereocenters. The molecule has 3 rings (SSSR count). The maximum absolute atomic E-state index is 12.4. The number of carbonyl (C=O) groups excluding carboxylic acids is 1. The number of benzene rings is 1. The summed E-state index contributed by atoms with van der Waals surface area (Å²) in [4.78, 5) is 18.8. The molecule has 0 bridgehead atoms. The Balaban J connectivity index is 1.77. The molecule has 1 aliphatic heterocycles. The van der Waals surface area contributed by atoms with Crippen LogP contribution in [0.3, 0.4) is 0 Å². The quantitative estimate of drug-likeness (QED) is 0.929. The average Bonchev–Trinajstić information content (AvgIpc) is 3.23. The Morgan fingerprint density at radius 3 is 3.08 bits per heavy atom. The van der Waals surface area contributed by atoms with Gasteiger partial charge in [0.1, 0.15) is 6.04 Å². The van der Waals surface area contributed by atoms with Crippen LogP contribution >= 0.6 is 0 Å². The van der Waals surface area contributed by atoms with Crippen molar-refractivity contribution in [2.24, 2.45) is 0 Å². The number of hydrogen-bond acceptors (Lipinski definition) is 4. The van der Waals surface area contributed by atoms with Crippen LogP contribution in [0.25, 0.3) is 11.4 Å². The number of rotatable bonds is 4. The molecule has 0 saturated carbocycles. The first kappa shape index (κ1) is 16.5. The van der Waals surface area contributed by atoms with Gasteiger partial charge in [0.05, 0.1) is 0 Å². The zero-order valence-corrected chi connectivity index (χ0v) is 14.5. The van der Waals surface area contributed by atoms with E-state index in [-0.39, 0.29) is 18.1 Å². The van der Waals surface area contributed by atoms with Gasteiger partial charge >= 0.3 is 6.03 Å². The highest BCUT2D eigenvalue weighted by molar-refractivity contribution is 5.75. The van der Waals surface area contributed by atoms with E-state index in [0.29, 0.717) is 11.7 Å². The summed E-state index contributed by atoms with van der Waals surface area (Å²) < 4.78 is 5.47. The molecule has 1 aliphatic rings. The topological polar surface area (TPSA) is 71.3 Å². The summed E-state index contributed by atoms with van der Waals surface area (Å²) in [6, 6.07) is 7.96. The molecule has 24 heavy (non-hydrogen) atoms. The number of hydrogen-bond donors (Lipinski definition) is 1. The van der Waals surface area contributed by atoms with Gasteiger partial charge in [-0.2, -0.15) is 4.98 Å². The summed E-state index contributed by atoms with van der Waals surface area (Å²) in [6.45, 7) is 6.81. The monoisotopic (exact) mass is 328 g/mol. The van der Waals surface area contributed by atoms with Gasteiger partial charge in [0.25, 0.3) is 0 Å². The van der Waals surface area contributed by atoms with Gasteiger partial charge in [-0.05, 0) is 39.2 Å². The average molecular weight is 328 g/mol. The number of urea groups is 1. The van der Waals surface area contributed by atoms with Crippen molar-refractivity contribution in [1.82, 2.24) is 20.4 Å². The molecule has 0 unspecified atom stereocenters. The summed E-state index contributed by atoms with van der Waals surface area (Å²) in [5, 5.41) is 7.11. The minimum atomic E-state index is -0.139. The molecule has 2 heterocycles. The second kappa shape index (κ2) is 7.03. The van der Waals surface area contributed by atoms with Gasteiger partial charge in [0.2, 0.25) is 11.7 Å². The number of aromatic nitrogens is 2. The van der Waals surface area contributed by atoms with Crippen LogP contribution in [0.2, 0.25) is 0 Å². The standard InChI is InChI=1S/C18H24N4O2/c1-4-13(3)19-18(23)22-10-6-9-15(22)17-20-16(21-24-17)14-8-5-7-12(2)11-14/h5,7-8,11,13,15H,4,6,9-10H2,1-3H3,(H,19,23)/t13-,15+/m0/s1. The molecule has 6 nitrogen and oxygen atoms in total. The zero-order valence-electron chi connectivity index (χ0n) is 14.5. The van der Waals surface area contributed by atoms with E-state index in [0.717, 1.165) is 36.9 Å². The minimum absolute atomic E-state index is 0.0536. The molecular formula is C18H24N4O2. The van der Waals surface area contributed by atoms with Gasteiger partial charge < -0.3 is 14.7 Å². The molecular weight excluding hydrogens is 304 g/mol. The predicted octanol–water partition coefficient (Wildman–Crippen LogP) is 3.69. The number of aryl methyl sites for hydroxylation is 1. The van der Waals surface area contributed by atoms with E-state index in [4.69, 9.17) is 4.52 Å². The SMILES string of the molecule is CC[C@H](C)NC(=O)N1CCC[C@@H]1c1nc(-c2cccc(C)c2)no1. The van der Waals surface area contributed by atoms with Gasteiger partial charge in [-0.25, -0.2) is 4.79 Å². The lowest BCUT2D eigenvalue weighted by Crippen LogP contribution is -2.43. The Bertz CT molecular complexity index is 713. The molecule has 1 aromatic heterocycles. The van der Waals surface area contributed by atoms with Crippen molar-refractivity contribution >= 4 is 6.03 Å². The number of nitrogens with one attached hydrogen (secondary N) is 1. The predicted molar refractivity (Wildman–Crippen MR) is 91.4 cm³/mol. The third-order valence-corrected chi connectivity index (χ3v) is 4.50. The maximum atomic E-state index is 12.4. The van der Waals surface area contributed by atoms with Crippen LogP contribution in [-0.2, 0) is 0 Å². The zero-order chi connectivity index (χ0) is 17.1. The van der Waals surface area contributed by atoms with Gasteiger partial charge in [0.15, 0.2) is 0 Å². The number of nitrogens with zero attached hydrogens (tertiary/aromatic N) is 3. The summed E-state index contributed by atoms with van der Waals surface area (Å²) >= 11 is 0. The van der Waals surface area contributed by atoms with Gasteiger partial charge in [-0.1, -0.05) is 35.8 Å². The second-order valence-electron chi connectivity index (χ2n) is 6.44. The van der Waals surface area contributed by atoms with Crippen LogP contribution < -0.4 is 5.32 Å². The first-order valence-corrected chi connectivity index (χ1v) is 8.56. The molecule has 128 valence electrons. The molecule has 0 aliphatic carbocycles. The van der Waals surface area contributed by atoms with Crippen molar-refractivity contribution in [3.63, 3.8) is 0 Å². The van der Waals surface area contributed by atoms with E-state index < -0.39 is 0 Å². The van der Waals surface area contributed by atoms with Gasteiger partial charge in [0, 0.05) is 18.2 Å². The van der Waals surface area contributed by atoms with E-state index in [9.17, 15) is 4.79 Å². The van der Waals surface area contributed by atoms with E-state index in [1.807, 2.05) is 38.1 Å². The summed E-state index contributed by atoms with van der Waals surface area (Å²) in [6.07, 6.45) is 2.70. The lowest BCUT2D eigenvalue weighted by molar-refractivity contribution is 0.177. The van der Waals surface area contributed by atoms with Crippen molar-refractivity contribution in [2.75, 3.05) is 6.54 Å². The van der Waals surface area contributed by atoms with Gasteiger partial charge in [-0.15, -0.1) is 0 Å². The largest absolute Gasteiger partial charge is 0.337 e. The van der Waals surface area contributed by atoms with Crippen LogP contribution in [0.5, 0.6) is 0 Å². The Labute approximate surface area is 142 Å². The minimum Gasteiger partial charge on any atom is -0.337 e. The highest BCUT2D eigenvalue weighted by atomic mass is 16.5. The van der Waals surface area contributed by atoms with Crippen molar-refractivity contribution < 1.29 is 9.32 Å². The van der Waals surface area contributed by atoms with E-state index in [1.165, 1.54) is 0 Å². The Morgan fingerprint density at radius 2 is 2.33 bits per heavy atom. The Kier molecular flexibility index (Phi) is 4.83. The lowest BCUT2D eigenvalue weighted by Gasteiger charge is -2.24. The normalized spacial score (nSPS) is 18.6. The third-order valence-electron chi connectivity index (χ3n) is 4.50. The number of amides is 2. The van der Waals surface area contributed by atoms with Crippen LogP contribution in [0.15, 0.2) is 28.8 Å². The van der Waals surface area contributed by atoms with Crippen LogP contribution in [0.4, 0.5) is 4.79 Å². The number of carbonyl (C=O) groups is 1. The van der Waals surface area contributed by atoms with E-state index >= 15 is 0 Å². The smallest absolute Gasteiger partial charge is 0.318 e. The van der Waals surface area contributed by atoms with Crippen LogP contribution in [-0.4, -0.2) is 33.7 Å². The second-order valence-corrected chi connectivity index (χ2v) is 6.44. The molecule has 0 radical (unpaired) electrons. The van der Waals surface area contributed by atoms with Crippen molar-refractivity contribution in [3.8, 4) is 11.4 Å². The van der Waals surface area contributed by atoms with Crippen LogP contribution in [0, 0.1) is 6.92 Å². The molecule has 6 heteroatoms. The summed E-state index contributed by atoms with van der Waals surface area (Å²) in [5.74, 6) is 1.09.